The van der Waals surface area contributed by atoms with Crippen LogP contribution in [0.1, 0.15) is 39.5 Å². The zero-order valence-electron chi connectivity index (χ0n) is 15.6. The van der Waals surface area contributed by atoms with Crippen LogP contribution in [0.5, 0.6) is 0 Å². The number of hydrogen-bond acceptors (Lipinski definition) is 3. The summed E-state index contributed by atoms with van der Waals surface area (Å²) in [5.41, 5.74) is 6.25. The van der Waals surface area contributed by atoms with Gasteiger partial charge in [0.1, 0.15) is 5.82 Å². The summed E-state index contributed by atoms with van der Waals surface area (Å²) in [6.07, 6.45) is 1.35. The summed E-state index contributed by atoms with van der Waals surface area (Å²) in [7, 11) is 2.05. The second kappa shape index (κ2) is 6.36. The van der Waals surface area contributed by atoms with Gasteiger partial charge in [-0.2, -0.15) is 0 Å². The highest BCUT2D eigenvalue weighted by molar-refractivity contribution is 7.12. The van der Waals surface area contributed by atoms with E-state index in [1.165, 1.54) is 9.75 Å². The van der Waals surface area contributed by atoms with Gasteiger partial charge in [-0.25, -0.2) is 4.98 Å². The second-order valence-corrected chi connectivity index (χ2v) is 8.36. The average Bonchev–Trinajstić information content (AvgIpc) is 3.25. The number of Topliss-reactive ketones (excluding diaryl/α,β-unsaturated/α-hetero) is 1. The van der Waals surface area contributed by atoms with Crippen LogP contribution in [0.4, 0.5) is 0 Å². The van der Waals surface area contributed by atoms with E-state index in [4.69, 9.17) is 4.98 Å². The Balaban J connectivity index is 1.91. The van der Waals surface area contributed by atoms with Gasteiger partial charge in [0.05, 0.1) is 5.69 Å². The van der Waals surface area contributed by atoms with Crippen molar-refractivity contribution in [1.82, 2.24) is 9.55 Å². The minimum Gasteiger partial charge on any atom is -0.331 e. The van der Waals surface area contributed by atoms with Crippen LogP contribution < -0.4 is 0 Å². The topological polar surface area (TPSA) is 34.9 Å². The molecule has 4 rings (SSSR count). The van der Waals surface area contributed by atoms with Gasteiger partial charge in [0.25, 0.3) is 0 Å². The van der Waals surface area contributed by atoms with Crippen LogP contribution in [0.25, 0.3) is 22.5 Å². The van der Waals surface area contributed by atoms with E-state index in [2.05, 4.69) is 43.5 Å². The number of allylic oxidation sites excluding steroid dienone is 2. The summed E-state index contributed by atoms with van der Waals surface area (Å²) in [6.45, 7) is 6.29. The average molecular weight is 362 g/mol. The molecule has 0 N–H and O–H groups in total. The van der Waals surface area contributed by atoms with Gasteiger partial charge in [0.15, 0.2) is 5.78 Å². The lowest BCUT2D eigenvalue weighted by atomic mass is 9.99. The number of rotatable bonds is 3. The van der Waals surface area contributed by atoms with Gasteiger partial charge in [-0.3, -0.25) is 4.79 Å². The van der Waals surface area contributed by atoms with Crippen molar-refractivity contribution in [2.24, 2.45) is 7.05 Å². The van der Waals surface area contributed by atoms with Crippen LogP contribution in [0.2, 0.25) is 0 Å². The third kappa shape index (κ3) is 2.65. The van der Waals surface area contributed by atoms with Gasteiger partial charge >= 0.3 is 0 Å². The molecule has 0 atom stereocenters. The largest absolute Gasteiger partial charge is 0.331 e. The molecule has 0 unspecified atom stereocenters. The lowest BCUT2D eigenvalue weighted by molar-refractivity contribution is -0.113. The first kappa shape index (κ1) is 17.0. The van der Waals surface area contributed by atoms with Crippen LogP contribution in [0.15, 0.2) is 36.4 Å². The number of hydrogen-bond donors (Lipinski definition) is 0. The van der Waals surface area contributed by atoms with Gasteiger partial charge in [0.2, 0.25) is 0 Å². The number of carbonyl (C=O) groups is 1. The third-order valence-corrected chi connectivity index (χ3v) is 6.16. The Morgan fingerprint density at radius 2 is 1.81 bits per heavy atom. The molecule has 132 valence electrons. The van der Waals surface area contributed by atoms with E-state index in [9.17, 15) is 4.79 Å². The highest BCUT2D eigenvalue weighted by Crippen LogP contribution is 2.41. The standard InChI is InChI=1S/C22H22N2OS/c1-13-12-18(15(3)26-13)20-17(10-11-19(20)25)21-14(2)24(4)22(23-21)16-8-6-5-7-9-16/h5-9,12H,10-11H2,1-4H3. The molecule has 2 heterocycles. The Kier molecular flexibility index (Phi) is 4.16. The Morgan fingerprint density at radius 1 is 1.08 bits per heavy atom. The lowest BCUT2D eigenvalue weighted by Gasteiger charge is -2.06. The Labute approximate surface area is 158 Å². The number of carbonyl (C=O) groups excluding carboxylic acids is 1. The quantitative estimate of drug-likeness (QED) is 0.630. The predicted molar refractivity (Wildman–Crippen MR) is 108 cm³/mol. The number of benzene rings is 1. The molecule has 3 nitrogen and oxygen atoms in total. The highest BCUT2D eigenvalue weighted by Gasteiger charge is 2.30. The molecule has 2 aromatic heterocycles. The van der Waals surface area contributed by atoms with Gasteiger partial charge in [0, 0.05) is 40.1 Å². The Morgan fingerprint density at radius 3 is 2.46 bits per heavy atom. The molecule has 0 saturated carbocycles. The minimum absolute atomic E-state index is 0.243. The van der Waals surface area contributed by atoms with E-state index in [1.807, 2.05) is 25.2 Å². The molecule has 0 aliphatic heterocycles. The van der Waals surface area contributed by atoms with Crippen molar-refractivity contribution in [2.45, 2.75) is 33.6 Å². The van der Waals surface area contributed by atoms with Crippen LogP contribution in [-0.4, -0.2) is 15.3 Å². The Hall–Kier alpha value is -2.46. The van der Waals surface area contributed by atoms with Gasteiger partial charge < -0.3 is 4.57 Å². The van der Waals surface area contributed by atoms with Crippen molar-refractivity contribution in [3.63, 3.8) is 0 Å². The molecular weight excluding hydrogens is 340 g/mol. The molecule has 26 heavy (non-hydrogen) atoms. The minimum atomic E-state index is 0.243. The molecule has 0 bridgehead atoms. The van der Waals surface area contributed by atoms with Crippen molar-refractivity contribution < 1.29 is 4.79 Å². The summed E-state index contributed by atoms with van der Waals surface area (Å²) in [6, 6.07) is 12.4. The number of imidazole rings is 1. The maximum absolute atomic E-state index is 12.7. The number of aromatic nitrogens is 2. The van der Waals surface area contributed by atoms with Crippen LogP contribution in [-0.2, 0) is 11.8 Å². The highest BCUT2D eigenvalue weighted by atomic mass is 32.1. The summed E-state index contributed by atoms with van der Waals surface area (Å²) >= 11 is 1.75. The molecule has 1 aromatic carbocycles. The number of ketones is 1. The summed E-state index contributed by atoms with van der Waals surface area (Å²) in [5.74, 6) is 1.19. The van der Waals surface area contributed by atoms with Crippen molar-refractivity contribution in [2.75, 3.05) is 0 Å². The normalized spacial score (nSPS) is 14.5. The van der Waals surface area contributed by atoms with E-state index in [0.29, 0.717) is 6.42 Å². The van der Waals surface area contributed by atoms with Gasteiger partial charge in [-0.1, -0.05) is 30.3 Å². The number of nitrogens with zero attached hydrogens (tertiary/aromatic N) is 2. The van der Waals surface area contributed by atoms with E-state index in [1.54, 1.807) is 11.3 Å². The van der Waals surface area contributed by atoms with Crippen LogP contribution in [0.3, 0.4) is 0 Å². The number of thiophene rings is 1. The molecule has 0 saturated heterocycles. The second-order valence-electron chi connectivity index (χ2n) is 6.90. The Bertz CT molecular complexity index is 1040. The van der Waals surface area contributed by atoms with Gasteiger partial charge in [-0.15, -0.1) is 11.3 Å². The van der Waals surface area contributed by atoms with Gasteiger partial charge in [-0.05, 0) is 44.4 Å². The zero-order chi connectivity index (χ0) is 18.4. The van der Waals surface area contributed by atoms with Crippen molar-refractivity contribution in [3.05, 3.63) is 63.1 Å². The molecule has 3 aromatic rings. The number of aryl methyl sites for hydroxylation is 2. The molecule has 0 radical (unpaired) electrons. The SMILES string of the molecule is Cc1cc(C2=C(c3nc(-c4ccccc4)n(C)c3C)CCC2=O)c(C)s1. The smallest absolute Gasteiger partial charge is 0.164 e. The molecule has 1 aliphatic rings. The van der Waals surface area contributed by atoms with Crippen LogP contribution >= 0.6 is 11.3 Å². The molecular formula is C22H22N2OS. The fourth-order valence-electron chi connectivity index (χ4n) is 3.80. The summed E-state index contributed by atoms with van der Waals surface area (Å²) in [5, 5.41) is 0. The molecule has 0 spiro atoms. The first-order chi connectivity index (χ1) is 12.5. The monoisotopic (exact) mass is 362 g/mol. The first-order valence-corrected chi connectivity index (χ1v) is 9.72. The van der Waals surface area contributed by atoms with E-state index in [0.717, 1.165) is 45.9 Å². The zero-order valence-corrected chi connectivity index (χ0v) is 16.4. The van der Waals surface area contributed by atoms with Crippen molar-refractivity contribution in [1.29, 1.82) is 0 Å². The molecule has 4 heteroatoms. The molecule has 0 amide bonds. The fourth-order valence-corrected chi connectivity index (χ4v) is 4.73. The molecule has 0 fully saturated rings. The first-order valence-electron chi connectivity index (χ1n) is 8.90. The summed E-state index contributed by atoms with van der Waals surface area (Å²) in [4.78, 5) is 20.1. The van der Waals surface area contributed by atoms with E-state index in [-0.39, 0.29) is 5.78 Å². The third-order valence-electron chi connectivity index (χ3n) is 5.19. The molecule has 1 aliphatic carbocycles. The van der Waals surface area contributed by atoms with Crippen LogP contribution in [0, 0.1) is 20.8 Å². The summed E-state index contributed by atoms with van der Waals surface area (Å²) < 4.78 is 2.13. The van der Waals surface area contributed by atoms with Crippen molar-refractivity contribution >= 4 is 28.3 Å². The van der Waals surface area contributed by atoms with E-state index < -0.39 is 0 Å². The predicted octanol–water partition coefficient (Wildman–Crippen LogP) is 5.35. The fraction of sp³-hybridized carbons (Fsp3) is 0.273. The lowest BCUT2D eigenvalue weighted by Crippen LogP contribution is -1.97. The van der Waals surface area contributed by atoms with E-state index >= 15 is 0 Å². The maximum atomic E-state index is 12.7. The van der Waals surface area contributed by atoms with Crippen molar-refractivity contribution in [3.8, 4) is 11.4 Å². The maximum Gasteiger partial charge on any atom is 0.164 e.